The second-order valence-electron chi connectivity index (χ2n) is 8.18. The van der Waals surface area contributed by atoms with Crippen molar-refractivity contribution in [3.8, 4) is 0 Å². The number of likely N-dealkylation sites (tertiary alicyclic amines) is 1. The maximum atomic E-state index is 12.7. The number of amides is 2. The minimum atomic E-state index is -0.330. The van der Waals surface area contributed by atoms with Gasteiger partial charge in [0.1, 0.15) is 0 Å². The summed E-state index contributed by atoms with van der Waals surface area (Å²) in [5, 5.41) is 0. The Morgan fingerprint density at radius 1 is 1.04 bits per heavy atom. The highest BCUT2D eigenvalue weighted by atomic mass is 16.2. The molecule has 4 heteroatoms. The van der Waals surface area contributed by atoms with Crippen molar-refractivity contribution in [2.24, 2.45) is 17.3 Å². The Bertz CT molecular complexity index is 606. The average Bonchev–Trinajstić information content (AvgIpc) is 2.71. The lowest BCUT2D eigenvalue weighted by Gasteiger charge is -2.40. The molecule has 2 aliphatic rings. The van der Waals surface area contributed by atoms with Gasteiger partial charge in [-0.25, -0.2) is 0 Å². The average molecular weight is 328 g/mol. The zero-order valence-corrected chi connectivity index (χ0v) is 15.0. The van der Waals surface area contributed by atoms with Crippen LogP contribution in [-0.2, 0) is 9.59 Å². The lowest BCUT2D eigenvalue weighted by atomic mass is 9.81. The van der Waals surface area contributed by atoms with Crippen molar-refractivity contribution in [2.45, 2.75) is 40.0 Å². The number of benzene rings is 1. The van der Waals surface area contributed by atoms with Gasteiger partial charge in [0, 0.05) is 37.2 Å². The normalized spacial score (nSPS) is 25.2. The second kappa shape index (κ2) is 6.58. The predicted molar refractivity (Wildman–Crippen MR) is 95.7 cm³/mol. The van der Waals surface area contributed by atoms with Crippen molar-refractivity contribution in [3.05, 3.63) is 30.3 Å². The Hall–Kier alpha value is -1.84. The third-order valence-electron chi connectivity index (χ3n) is 5.35. The fourth-order valence-corrected chi connectivity index (χ4v) is 3.97. The van der Waals surface area contributed by atoms with Gasteiger partial charge in [-0.2, -0.15) is 0 Å². The number of carbonyl (C=O) groups excluding carboxylic acids is 2. The number of piperidine rings is 1. The minimum absolute atomic E-state index is 0.226. The number of anilines is 1. The van der Waals surface area contributed by atoms with Gasteiger partial charge in [-0.1, -0.05) is 39.0 Å². The summed E-state index contributed by atoms with van der Waals surface area (Å²) in [6.07, 6.45) is 2.52. The van der Waals surface area contributed by atoms with Crippen LogP contribution in [-0.4, -0.2) is 36.3 Å². The van der Waals surface area contributed by atoms with Gasteiger partial charge in [0.15, 0.2) is 0 Å². The molecule has 3 rings (SSSR count). The molecule has 1 aromatic carbocycles. The molecular formula is C20H28N2O2. The van der Waals surface area contributed by atoms with Crippen LogP contribution in [0.3, 0.4) is 0 Å². The Morgan fingerprint density at radius 2 is 1.71 bits per heavy atom. The highest BCUT2D eigenvalue weighted by Crippen LogP contribution is 2.35. The summed E-state index contributed by atoms with van der Waals surface area (Å²) < 4.78 is 0. The first-order chi connectivity index (χ1) is 11.4. The number of rotatable bonds is 1. The molecule has 0 spiro atoms. The fraction of sp³-hybridized carbons (Fsp3) is 0.600. The van der Waals surface area contributed by atoms with Crippen LogP contribution in [0.5, 0.6) is 0 Å². The van der Waals surface area contributed by atoms with Crippen LogP contribution in [0.2, 0.25) is 0 Å². The predicted octanol–water partition coefficient (Wildman–Crippen LogP) is 3.32. The van der Waals surface area contributed by atoms with E-state index < -0.39 is 0 Å². The monoisotopic (exact) mass is 328 g/mol. The summed E-state index contributed by atoms with van der Waals surface area (Å²) in [4.78, 5) is 29.2. The Morgan fingerprint density at radius 3 is 2.38 bits per heavy atom. The smallest absolute Gasteiger partial charge is 0.227 e. The van der Waals surface area contributed by atoms with Gasteiger partial charge in [0.05, 0.1) is 0 Å². The molecule has 2 fully saturated rings. The van der Waals surface area contributed by atoms with Crippen LogP contribution in [0.4, 0.5) is 5.69 Å². The zero-order valence-electron chi connectivity index (χ0n) is 15.0. The van der Waals surface area contributed by atoms with E-state index in [1.165, 1.54) is 0 Å². The summed E-state index contributed by atoms with van der Waals surface area (Å²) in [7, 11) is 0. The van der Waals surface area contributed by atoms with E-state index in [1.54, 1.807) is 0 Å². The van der Waals surface area contributed by atoms with E-state index in [2.05, 4.69) is 0 Å². The van der Waals surface area contributed by atoms with Crippen molar-refractivity contribution < 1.29 is 9.59 Å². The van der Waals surface area contributed by atoms with E-state index in [0.717, 1.165) is 38.2 Å². The van der Waals surface area contributed by atoms with Crippen molar-refractivity contribution in [2.75, 3.05) is 24.5 Å². The molecule has 0 saturated carbocycles. The van der Waals surface area contributed by atoms with Gasteiger partial charge in [-0.15, -0.1) is 0 Å². The van der Waals surface area contributed by atoms with E-state index in [0.29, 0.717) is 18.3 Å². The van der Waals surface area contributed by atoms with Crippen molar-refractivity contribution in [1.29, 1.82) is 0 Å². The Kier molecular flexibility index (Phi) is 4.66. The van der Waals surface area contributed by atoms with Crippen LogP contribution in [0, 0.1) is 17.3 Å². The first-order valence-electron chi connectivity index (χ1n) is 9.01. The number of nitrogens with zero attached hydrogens (tertiary/aromatic N) is 2. The van der Waals surface area contributed by atoms with Crippen LogP contribution >= 0.6 is 0 Å². The first kappa shape index (κ1) is 17.0. The molecule has 0 N–H and O–H groups in total. The zero-order chi connectivity index (χ0) is 17.3. The van der Waals surface area contributed by atoms with Gasteiger partial charge in [0.25, 0.3) is 0 Å². The van der Waals surface area contributed by atoms with Crippen LogP contribution < -0.4 is 4.90 Å². The molecule has 0 bridgehead atoms. The molecule has 2 atom stereocenters. The number of hydrogen-bond donors (Lipinski definition) is 0. The van der Waals surface area contributed by atoms with Gasteiger partial charge in [-0.05, 0) is 36.8 Å². The molecule has 24 heavy (non-hydrogen) atoms. The number of para-hydroxylation sites is 1. The second-order valence-corrected chi connectivity index (χ2v) is 8.18. The molecule has 2 aliphatic heterocycles. The minimum Gasteiger partial charge on any atom is -0.342 e. The van der Waals surface area contributed by atoms with Gasteiger partial charge < -0.3 is 9.80 Å². The maximum absolute atomic E-state index is 12.7. The summed E-state index contributed by atoms with van der Waals surface area (Å²) in [6.45, 7) is 8.29. The highest BCUT2D eigenvalue weighted by Gasteiger charge is 2.38. The number of carbonyl (C=O) groups is 2. The molecule has 0 aromatic heterocycles. The largest absolute Gasteiger partial charge is 0.342 e. The van der Waals surface area contributed by atoms with Crippen LogP contribution in [0.25, 0.3) is 0 Å². The van der Waals surface area contributed by atoms with E-state index in [-0.39, 0.29) is 17.2 Å². The van der Waals surface area contributed by atoms with E-state index in [9.17, 15) is 9.59 Å². The maximum Gasteiger partial charge on any atom is 0.227 e. The van der Waals surface area contributed by atoms with E-state index in [1.807, 2.05) is 60.9 Å². The van der Waals surface area contributed by atoms with Gasteiger partial charge >= 0.3 is 0 Å². The third kappa shape index (κ3) is 3.47. The van der Waals surface area contributed by atoms with Gasteiger partial charge in [0.2, 0.25) is 11.8 Å². The van der Waals surface area contributed by atoms with Gasteiger partial charge in [-0.3, -0.25) is 9.59 Å². The lowest BCUT2D eigenvalue weighted by Crippen LogP contribution is -2.47. The molecule has 130 valence electrons. The number of fused-ring (bicyclic) bond motifs is 1. The Labute approximate surface area is 144 Å². The highest BCUT2D eigenvalue weighted by molar-refractivity contribution is 5.93. The van der Waals surface area contributed by atoms with Crippen molar-refractivity contribution in [3.63, 3.8) is 0 Å². The molecule has 0 unspecified atom stereocenters. The van der Waals surface area contributed by atoms with Crippen molar-refractivity contribution in [1.82, 2.24) is 4.90 Å². The molecule has 2 heterocycles. The molecule has 4 nitrogen and oxygen atoms in total. The molecule has 1 aromatic rings. The number of hydrogen-bond acceptors (Lipinski definition) is 2. The third-order valence-corrected chi connectivity index (χ3v) is 5.35. The lowest BCUT2D eigenvalue weighted by molar-refractivity contribution is -0.142. The first-order valence-corrected chi connectivity index (χ1v) is 9.01. The summed E-state index contributed by atoms with van der Waals surface area (Å²) in [5.41, 5.74) is 0.660. The Balaban J connectivity index is 1.71. The fourth-order valence-electron chi connectivity index (χ4n) is 3.97. The standard InChI is InChI=1S/C20H28N2O2/c1-20(2,3)19(24)21-11-9-15-13-18(23)22(12-10-16(15)14-21)17-7-5-4-6-8-17/h4-8,15-16H,9-14H2,1-3H3/t15-,16-/m0/s1. The summed E-state index contributed by atoms with van der Waals surface area (Å²) in [5.74, 6) is 1.30. The van der Waals surface area contributed by atoms with E-state index >= 15 is 0 Å². The quantitative estimate of drug-likeness (QED) is 0.793. The SMILES string of the molecule is CC(C)(C)C(=O)N1CC[C@H]2CC(=O)N(c3ccccc3)CC[C@H]2C1. The molecular weight excluding hydrogens is 300 g/mol. The molecule has 2 amide bonds. The molecule has 0 aliphatic carbocycles. The van der Waals surface area contributed by atoms with Crippen LogP contribution in [0.1, 0.15) is 40.0 Å². The molecule has 0 radical (unpaired) electrons. The molecule has 2 saturated heterocycles. The van der Waals surface area contributed by atoms with Crippen LogP contribution in [0.15, 0.2) is 30.3 Å². The summed E-state index contributed by atoms with van der Waals surface area (Å²) in [6, 6.07) is 9.93. The topological polar surface area (TPSA) is 40.6 Å². The summed E-state index contributed by atoms with van der Waals surface area (Å²) >= 11 is 0. The van der Waals surface area contributed by atoms with Crippen molar-refractivity contribution >= 4 is 17.5 Å². The van der Waals surface area contributed by atoms with E-state index in [4.69, 9.17) is 0 Å².